The molecule has 2 N–H and O–H groups in total. The monoisotopic (exact) mass is 338 g/mol. The molecule has 0 unspecified atom stereocenters. The molecule has 1 saturated heterocycles. The van der Waals surface area contributed by atoms with Crippen LogP contribution in [-0.2, 0) is 0 Å². The first kappa shape index (κ1) is 16.8. The number of urea groups is 1. The molecule has 3 rings (SSSR count). The topological polar surface area (TPSA) is 64.7 Å². The predicted octanol–water partition coefficient (Wildman–Crippen LogP) is 2.92. The molecule has 0 aliphatic carbocycles. The summed E-state index contributed by atoms with van der Waals surface area (Å²) in [4.78, 5) is 27.9. The van der Waals surface area contributed by atoms with Gasteiger partial charge >= 0.3 is 6.03 Å². The molecule has 0 bridgehead atoms. The average molecular weight is 338 g/mol. The summed E-state index contributed by atoms with van der Waals surface area (Å²) in [5.74, 6) is -0.159. The Kier molecular flexibility index (Phi) is 4.88. The number of benzene rings is 2. The minimum Gasteiger partial charge on any atom is -0.378 e. The Balaban J connectivity index is 1.66. The number of nitrogens with one attached hydrogen (secondary N) is 2. The van der Waals surface area contributed by atoms with Crippen molar-refractivity contribution in [2.45, 2.75) is 6.42 Å². The van der Waals surface area contributed by atoms with Crippen molar-refractivity contribution in [1.82, 2.24) is 5.32 Å². The van der Waals surface area contributed by atoms with Gasteiger partial charge in [0, 0.05) is 49.8 Å². The van der Waals surface area contributed by atoms with Gasteiger partial charge in [0.2, 0.25) is 0 Å². The Bertz CT molecular complexity index is 754. The fourth-order valence-electron chi connectivity index (χ4n) is 2.71. The summed E-state index contributed by atoms with van der Waals surface area (Å²) in [5.41, 5.74) is 3.17. The molecule has 0 aromatic heterocycles. The zero-order chi connectivity index (χ0) is 17.8. The molecule has 3 amide bonds. The lowest BCUT2D eigenvalue weighted by Crippen LogP contribution is -2.46. The van der Waals surface area contributed by atoms with Crippen molar-refractivity contribution in [1.29, 1.82) is 0 Å². The Labute approximate surface area is 147 Å². The second kappa shape index (κ2) is 7.25. The zero-order valence-electron chi connectivity index (χ0n) is 14.5. The number of carbonyl (C=O) groups is 2. The van der Waals surface area contributed by atoms with Crippen LogP contribution in [0.4, 0.5) is 21.9 Å². The van der Waals surface area contributed by atoms with Crippen molar-refractivity contribution in [3.8, 4) is 0 Å². The summed E-state index contributed by atoms with van der Waals surface area (Å²) < 4.78 is 0. The smallest absolute Gasteiger partial charge is 0.321 e. The Hall–Kier alpha value is -3.02. The number of rotatable bonds is 4. The van der Waals surface area contributed by atoms with Crippen LogP contribution in [0.15, 0.2) is 48.5 Å². The number of hydrogen-bond acceptors (Lipinski definition) is 3. The lowest BCUT2D eigenvalue weighted by molar-refractivity contribution is 0.102. The van der Waals surface area contributed by atoms with E-state index in [1.54, 1.807) is 17.0 Å². The molecule has 1 aliphatic heterocycles. The van der Waals surface area contributed by atoms with E-state index in [0.29, 0.717) is 17.8 Å². The van der Waals surface area contributed by atoms with E-state index in [0.717, 1.165) is 24.3 Å². The van der Waals surface area contributed by atoms with Gasteiger partial charge in [0.05, 0.1) is 0 Å². The van der Waals surface area contributed by atoms with Gasteiger partial charge in [-0.05, 0) is 55.0 Å². The number of carbonyl (C=O) groups excluding carboxylic acids is 2. The third kappa shape index (κ3) is 3.91. The Morgan fingerprint density at radius 3 is 2.36 bits per heavy atom. The second-order valence-corrected chi connectivity index (χ2v) is 6.18. The van der Waals surface area contributed by atoms with Crippen LogP contribution in [0.3, 0.4) is 0 Å². The number of anilines is 3. The van der Waals surface area contributed by atoms with Gasteiger partial charge in [-0.15, -0.1) is 0 Å². The predicted molar refractivity (Wildman–Crippen MR) is 101 cm³/mol. The Morgan fingerprint density at radius 1 is 1.08 bits per heavy atom. The summed E-state index contributed by atoms with van der Waals surface area (Å²) in [6, 6.07) is 14.6. The average Bonchev–Trinajstić information content (AvgIpc) is 2.63. The van der Waals surface area contributed by atoms with Crippen LogP contribution in [0, 0.1) is 0 Å². The van der Waals surface area contributed by atoms with Crippen LogP contribution in [0.1, 0.15) is 16.8 Å². The van der Waals surface area contributed by atoms with Crippen molar-refractivity contribution in [3.05, 3.63) is 54.1 Å². The van der Waals surface area contributed by atoms with Gasteiger partial charge in [-0.25, -0.2) is 4.79 Å². The van der Waals surface area contributed by atoms with E-state index < -0.39 is 0 Å². The molecular formula is C19H22N4O2. The molecule has 0 radical (unpaired) electrons. The van der Waals surface area contributed by atoms with Gasteiger partial charge in [-0.3, -0.25) is 9.69 Å². The first-order chi connectivity index (χ1) is 12.0. The first-order valence-corrected chi connectivity index (χ1v) is 8.29. The van der Waals surface area contributed by atoms with E-state index in [9.17, 15) is 9.59 Å². The molecule has 6 heteroatoms. The molecule has 1 fully saturated rings. The van der Waals surface area contributed by atoms with Crippen LogP contribution in [-0.4, -0.2) is 39.1 Å². The normalized spacial score (nSPS) is 14.0. The van der Waals surface area contributed by atoms with E-state index in [1.165, 1.54) is 0 Å². The summed E-state index contributed by atoms with van der Waals surface area (Å²) in [5, 5.41) is 5.70. The Morgan fingerprint density at radius 2 is 1.76 bits per heavy atom. The van der Waals surface area contributed by atoms with E-state index in [2.05, 4.69) is 10.6 Å². The molecular weight excluding hydrogens is 316 g/mol. The largest absolute Gasteiger partial charge is 0.378 e. The molecule has 25 heavy (non-hydrogen) atoms. The van der Waals surface area contributed by atoms with Crippen molar-refractivity contribution in [3.63, 3.8) is 0 Å². The number of hydrogen-bond donors (Lipinski definition) is 2. The molecule has 6 nitrogen and oxygen atoms in total. The standard InChI is InChI=1S/C19H22N4O2/c1-22(2)16-8-4-14(5-9-16)18(24)21-15-6-10-17(11-7-15)23-13-3-12-20-19(23)25/h4-11H,3,12-13H2,1-2H3,(H,20,25)(H,21,24). The van der Waals surface area contributed by atoms with E-state index in [4.69, 9.17) is 0 Å². The second-order valence-electron chi connectivity index (χ2n) is 6.18. The van der Waals surface area contributed by atoms with Gasteiger partial charge in [-0.2, -0.15) is 0 Å². The summed E-state index contributed by atoms with van der Waals surface area (Å²) in [7, 11) is 3.92. The van der Waals surface area contributed by atoms with Gasteiger partial charge in [0.15, 0.2) is 0 Å². The van der Waals surface area contributed by atoms with E-state index >= 15 is 0 Å². The zero-order valence-corrected chi connectivity index (χ0v) is 14.5. The van der Waals surface area contributed by atoms with Crippen molar-refractivity contribution in [2.75, 3.05) is 42.3 Å². The lowest BCUT2D eigenvalue weighted by Gasteiger charge is -2.27. The highest BCUT2D eigenvalue weighted by Crippen LogP contribution is 2.20. The van der Waals surface area contributed by atoms with Gasteiger partial charge in [-0.1, -0.05) is 0 Å². The van der Waals surface area contributed by atoms with Gasteiger partial charge in [0.25, 0.3) is 5.91 Å². The molecule has 2 aromatic rings. The van der Waals surface area contributed by atoms with E-state index in [1.807, 2.05) is 55.4 Å². The van der Waals surface area contributed by atoms with Gasteiger partial charge < -0.3 is 15.5 Å². The van der Waals surface area contributed by atoms with Crippen molar-refractivity contribution in [2.24, 2.45) is 0 Å². The lowest BCUT2D eigenvalue weighted by atomic mass is 10.1. The van der Waals surface area contributed by atoms with Crippen LogP contribution >= 0.6 is 0 Å². The summed E-state index contributed by atoms with van der Waals surface area (Å²) in [6.45, 7) is 1.42. The summed E-state index contributed by atoms with van der Waals surface area (Å²) >= 11 is 0. The molecule has 2 aromatic carbocycles. The molecule has 0 saturated carbocycles. The SMILES string of the molecule is CN(C)c1ccc(C(=O)Nc2ccc(N3CCCNC3=O)cc2)cc1. The highest BCUT2D eigenvalue weighted by Gasteiger charge is 2.18. The maximum atomic E-state index is 12.3. The molecule has 1 heterocycles. The highest BCUT2D eigenvalue weighted by molar-refractivity contribution is 6.04. The highest BCUT2D eigenvalue weighted by atomic mass is 16.2. The molecule has 1 aliphatic rings. The minimum atomic E-state index is -0.159. The quantitative estimate of drug-likeness (QED) is 0.901. The fraction of sp³-hybridized carbons (Fsp3) is 0.263. The van der Waals surface area contributed by atoms with Gasteiger partial charge in [0.1, 0.15) is 0 Å². The first-order valence-electron chi connectivity index (χ1n) is 8.29. The fourth-order valence-corrected chi connectivity index (χ4v) is 2.71. The van der Waals surface area contributed by atoms with Crippen LogP contribution in [0.25, 0.3) is 0 Å². The third-order valence-corrected chi connectivity index (χ3v) is 4.16. The molecule has 0 spiro atoms. The van der Waals surface area contributed by atoms with Crippen LogP contribution in [0.5, 0.6) is 0 Å². The van der Waals surface area contributed by atoms with Crippen molar-refractivity contribution >= 4 is 29.0 Å². The third-order valence-electron chi connectivity index (χ3n) is 4.16. The maximum absolute atomic E-state index is 12.3. The van der Waals surface area contributed by atoms with E-state index in [-0.39, 0.29) is 11.9 Å². The molecule has 130 valence electrons. The molecule has 0 atom stereocenters. The summed E-state index contributed by atoms with van der Waals surface area (Å²) in [6.07, 6.45) is 0.924. The van der Waals surface area contributed by atoms with Crippen molar-refractivity contribution < 1.29 is 9.59 Å². The van der Waals surface area contributed by atoms with Crippen LogP contribution < -0.4 is 20.4 Å². The van der Waals surface area contributed by atoms with Crippen LogP contribution in [0.2, 0.25) is 0 Å². The number of nitrogens with zero attached hydrogens (tertiary/aromatic N) is 2. The maximum Gasteiger partial charge on any atom is 0.321 e. The number of amides is 3. The minimum absolute atomic E-state index is 0.0796.